The average Bonchev–Trinajstić information content (AvgIpc) is 3.01. The van der Waals surface area contributed by atoms with Gasteiger partial charge in [-0.25, -0.2) is 0 Å². The maximum Gasteiger partial charge on any atom is 0.303 e. The molecule has 1 aromatic rings. The summed E-state index contributed by atoms with van der Waals surface area (Å²) in [6, 6.07) is 8.96. The minimum Gasteiger partial charge on any atom is -0.463 e. The first-order valence-corrected chi connectivity index (χ1v) is 15.3. The summed E-state index contributed by atoms with van der Waals surface area (Å²) in [4.78, 5) is 73.1. The number of esters is 6. The van der Waals surface area contributed by atoms with E-state index in [-0.39, 0.29) is 6.61 Å². The van der Waals surface area contributed by atoms with E-state index in [0.717, 1.165) is 40.2 Å². The van der Waals surface area contributed by atoms with Crippen molar-refractivity contribution in [3.63, 3.8) is 0 Å². The second-order valence-electron chi connectivity index (χ2n) is 11.1. The third-order valence-corrected chi connectivity index (χ3v) is 7.10. The summed E-state index contributed by atoms with van der Waals surface area (Å²) in [6.07, 6.45) is -14.0. The van der Waals surface area contributed by atoms with Crippen LogP contribution in [0.5, 0.6) is 0 Å². The SMILES string of the molecule is CO[C@H]1O[C@H](COC(C)=O)[C@@H](O[C@@H]2O[C@H](COC(C)=O)[C@@H](OCc3ccccc3)[C@H](OC(C)=O)[C@H]2OC(C)=O)[C@H](OC(C)=O)[C@H]1OC(C)=O. The molecule has 0 unspecified atom stereocenters. The van der Waals surface area contributed by atoms with Crippen molar-refractivity contribution >= 4 is 35.8 Å². The van der Waals surface area contributed by atoms with E-state index < -0.39 is 110 Å². The Balaban J connectivity index is 2.11. The Morgan fingerprint density at radius 3 is 1.45 bits per heavy atom. The van der Waals surface area contributed by atoms with Gasteiger partial charge in [-0.15, -0.1) is 0 Å². The third kappa shape index (κ3) is 11.7. The molecule has 2 saturated heterocycles. The van der Waals surface area contributed by atoms with E-state index in [1.54, 1.807) is 24.3 Å². The Kier molecular flexibility index (Phi) is 14.9. The molecule has 272 valence electrons. The van der Waals surface area contributed by atoms with Gasteiger partial charge in [-0.3, -0.25) is 28.8 Å². The summed E-state index contributed by atoms with van der Waals surface area (Å²) in [5, 5.41) is 0. The van der Waals surface area contributed by atoms with Crippen molar-refractivity contribution < 1.29 is 80.9 Å². The molecule has 2 heterocycles. The van der Waals surface area contributed by atoms with Gasteiger partial charge in [-0.2, -0.15) is 0 Å². The maximum atomic E-state index is 12.5. The molecule has 0 radical (unpaired) electrons. The fourth-order valence-corrected chi connectivity index (χ4v) is 5.30. The highest BCUT2D eigenvalue weighted by Crippen LogP contribution is 2.35. The lowest BCUT2D eigenvalue weighted by atomic mass is 9.96. The fraction of sp³-hybridized carbons (Fsp3) is 0.625. The van der Waals surface area contributed by atoms with Crippen molar-refractivity contribution in [2.24, 2.45) is 0 Å². The Hall–Kier alpha value is -4.16. The quantitative estimate of drug-likeness (QED) is 0.196. The molecule has 17 heteroatoms. The number of ether oxygens (including phenoxy) is 11. The lowest BCUT2D eigenvalue weighted by Crippen LogP contribution is -2.67. The number of rotatable bonds is 14. The van der Waals surface area contributed by atoms with E-state index in [1.807, 2.05) is 6.07 Å². The van der Waals surface area contributed by atoms with Crippen LogP contribution in [0.4, 0.5) is 0 Å². The van der Waals surface area contributed by atoms with Gasteiger partial charge in [0.25, 0.3) is 0 Å². The van der Waals surface area contributed by atoms with Crippen molar-refractivity contribution in [2.45, 2.75) is 110 Å². The van der Waals surface area contributed by atoms with Crippen LogP contribution in [-0.2, 0) is 87.5 Å². The van der Waals surface area contributed by atoms with Gasteiger partial charge in [-0.05, 0) is 5.56 Å². The summed E-state index contributed by atoms with van der Waals surface area (Å²) >= 11 is 0. The number of methoxy groups -OCH3 is 1. The maximum absolute atomic E-state index is 12.5. The molecule has 0 aliphatic carbocycles. The lowest BCUT2D eigenvalue weighted by molar-refractivity contribution is -0.361. The normalized spacial score (nSPS) is 29.5. The van der Waals surface area contributed by atoms with Gasteiger partial charge in [0.15, 0.2) is 37.0 Å². The number of carbonyl (C=O) groups is 6. The predicted octanol–water partition coefficient (Wildman–Crippen LogP) is 0.906. The van der Waals surface area contributed by atoms with Crippen LogP contribution in [0.25, 0.3) is 0 Å². The molecule has 0 amide bonds. The molecule has 10 atom stereocenters. The molecule has 0 N–H and O–H groups in total. The van der Waals surface area contributed by atoms with Gasteiger partial charge in [-0.1, -0.05) is 30.3 Å². The Morgan fingerprint density at radius 1 is 0.551 bits per heavy atom. The molecule has 0 aromatic heterocycles. The molecule has 2 fully saturated rings. The van der Waals surface area contributed by atoms with Crippen molar-refractivity contribution in [1.82, 2.24) is 0 Å². The molecule has 2 aliphatic heterocycles. The number of benzene rings is 1. The predicted molar refractivity (Wildman–Crippen MR) is 160 cm³/mol. The Labute approximate surface area is 282 Å². The van der Waals surface area contributed by atoms with Gasteiger partial charge >= 0.3 is 35.8 Å². The van der Waals surface area contributed by atoms with Crippen LogP contribution in [-0.4, -0.2) is 118 Å². The van der Waals surface area contributed by atoms with Crippen LogP contribution in [0.15, 0.2) is 30.3 Å². The number of hydrogen-bond acceptors (Lipinski definition) is 17. The molecule has 0 saturated carbocycles. The van der Waals surface area contributed by atoms with E-state index in [2.05, 4.69) is 0 Å². The van der Waals surface area contributed by atoms with Crippen molar-refractivity contribution in [1.29, 1.82) is 0 Å². The molecule has 2 aliphatic rings. The smallest absolute Gasteiger partial charge is 0.303 e. The van der Waals surface area contributed by atoms with Crippen LogP contribution < -0.4 is 0 Å². The zero-order valence-electron chi connectivity index (χ0n) is 28.2. The molecular weight excluding hydrogens is 656 g/mol. The van der Waals surface area contributed by atoms with Crippen LogP contribution in [0.1, 0.15) is 47.1 Å². The highest BCUT2D eigenvalue weighted by Gasteiger charge is 2.57. The average molecular weight is 699 g/mol. The van der Waals surface area contributed by atoms with Gasteiger partial charge in [0.1, 0.15) is 37.6 Å². The van der Waals surface area contributed by atoms with Crippen molar-refractivity contribution in [3.8, 4) is 0 Å². The first-order chi connectivity index (χ1) is 23.2. The Bertz CT molecular complexity index is 1300. The molecule has 0 bridgehead atoms. The lowest BCUT2D eigenvalue weighted by Gasteiger charge is -2.48. The van der Waals surface area contributed by atoms with E-state index >= 15 is 0 Å². The van der Waals surface area contributed by atoms with Gasteiger partial charge in [0, 0.05) is 48.7 Å². The molecule has 49 heavy (non-hydrogen) atoms. The van der Waals surface area contributed by atoms with Crippen molar-refractivity contribution in [3.05, 3.63) is 35.9 Å². The zero-order chi connectivity index (χ0) is 36.2. The monoisotopic (exact) mass is 698 g/mol. The van der Waals surface area contributed by atoms with Crippen LogP contribution >= 0.6 is 0 Å². The third-order valence-electron chi connectivity index (χ3n) is 7.10. The number of carbonyl (C=O) groups excluding carboxylic acids is 6. The van der Waals surface area contributed by atoms with Crippen LogP contribution in [0.2, 0.25) is 0 Å². The molecule has 17 nitrogen and oxygen atoms in total. The minimum absolute atomic E-state index is 0.0144. The highest BCUT2D eigenvalue weighted by atomic mass is 16.8. The standard InChI is InChI=1S/C32H42O17/c1-16(33)40-14-23-25(42-13-22-11-9-8-10-12-22)27(43-18(3)35)30(46-21(6)38)32(48-23)49-26-24(15-41-17(2)34)47-31(39-7)29(45-20(5)37)28(26)44-19(4)36/h8-12,23-32H,13-15H2,1-7H3/t23-,24-,25-,26-,27+,28+,29-,30-,31+,32+/m1/s1. The zero-order valence-corrected chi connectivity index (χ0v) is 28.2. The second kappa shape index (κ2) is 18.6. The first kappa shape index (κ1) is 39.3. The second-order valence-corrected chi connectivity index (χ2v) is 11.1. The fourth-order valence-electron chi connectivity index (χ4n) is 5.30. The van der Waals surface area contributed by atoms with Crippen LogP contribution in [0.3, 0.4) is 0 Å². The highest BCUT2D eigenvalue weighted by molar-refractivity contribution is 5.68. The van der Waals surface area contributed by atoms with Gasteiger partial charge < -0.3 is 52.1 Å². The molecule has 1 aromatic carbocycles. The number of hydrogen-bond donors (Lipinski definition) is 0. The summed E-state index contributed by atoms with van der Waals surface area (Å²) in [7, 11) is 1.25. The summed E-state index contributed by atoms with van der Waals surface area (Å²) in [5.74, 6) is -4.58. The first-order valence-electron chi connectivity index (χ1n) is 15.3. The molecule has 3 rings (SSSR count). The van der Waals surface area contributed by atoms with E-state index in [0.29, 0.717) is 0 Å². The minimum atomic E-state index is -1.67. The van der Waals surface area contributed by atoms with Crippen molar-refractivity contribution in [2.75, 3.05) is 20.3 Å². The largest absolute Gasteiger partial charge is 0.463 e. The summed E-state index contributed by atoms with van der Waals surface area (Å²) in [6.45, 7) is 5.85. The van der Waals surface area contributed by atoms with E-state index in [4.69, 9.17) is 52.1 Å². The van der Waals surface area contributed by atoms with Crippen LogP contribution in [0, 0.1) is 0 Å². The molecular formula is C32H42O17. The topological polar surface area (TPSA) is 204 Å². The van der Waals surface area contributed by atoms with E-state index in [9.17, 15) is 28.8 Å². The summed E-state index contributed by atoms with van der Waals surface area (Å²) in [5.41, 5.74) is 0.735. The summed E-state index contributed by atoms with van der Waals surface area (Å²) < 4.78 is 62.7. The molecule has 0 spiro atoms. The van der Waals surface area contributed by atoms with E-state index in [1.165, 1.54) is 14.0 Å². The van der Waals surface area contributed by atoms with Gasteiger partial charge in [0.2, 0.25) is 0 Å². The Morgan fingerprint density at radius 2 is 0.980 bits per heavy atom. The van der Waals surface area contributed by atoms with Gasteiger partial charge in [0.05, 0.1) is 6.61 Å².